The summed E-state index contributed by atoms with van der Waals surface area (Å²) in [6.07, 6.45) is 1.70. The van der Waals surface area contributed by atoms with Crippen LogP contribution in [0.3, 0.4) is 0 Å². The molecule has 0 N–H and O–H groups in total. The number of hydrogen-bond acceptors (Lipinski definition) is 3. The molecule has 4 nitrogen and oxygen atoms in total. The van der Waals surface area contributed by atoms with Crippen LogP contribution in [0.15, 0.2) is 57.9 Å². The number of halogens is 3. The topological polar surface area (TPSA) is 42.3 Å². The maximum Gasteiger partial charge on any atom is 0.293 e. The summed E-state index contributed by atoms with van der Waals surface area (Å²) in [6, 6.07) is 13.8. The van der Waals surface area contributed by atoms with Gasteiger partial charge in [0, 0.05) is 20.9 Å². The molecule has 4 rings (SSSR count). The highest BCUT2D eigenvalue weighted by Gasteiger charge is 2.35. The number of carbonyl (C=O) groups excluding carboxylic acids is 2. The van der Waals surface area contributed by atoms with E-state index >= 15 is 0 Å². The Bertz CT molecular complexity index is 1240. The van der Waals surface area contributed by atoms with Gasteiger partial charge in [-0.1, -0.05) is 39.7 Å². The Balaban J connectivity index is 1.64. The van der Waals surface area contributed by atoms with E-state index in [1.807, 2.05) is 19.9 Å². The highest BCUT2D eigenvalue weighted by molar-refractivity contribution is 9.10. The van der Waals surface area contributed by atoms with Crippen molar-refractivity contribution in [2.75, 3.05) is 0 Å². The number of amides is 2. The lowest BCUT2D eigenvalue weighted by molar-refractivity contribution is -0.123. The largest absolute Gasteiger partial charge is 0.315 e. The monoisotopic (exact) mass is 518 g/mol. The molecule has 158 valence electrons. The van der Waals surface area contributed by atoms with Crippen molar-refractivity contribution < 1.29 is 14.0 Å². The maximum atomic E-state index is 14.5. The van der Waals surface area contributed by atoms with E-state index < -0.39 is 0 Å². The van der Waals surface area contributed by atoms with Gasteiger partial charge in [0.2, 0.25) is 0 Å². The van der Waals surface area contributed by atoms with Gasteiger partial charge in [0.1, 0.15) is 5.82 Å². The molecule has 1 aliphatic heterocycles. The number of aryl methyl sites for hydroxylation is 1. The second kappa shape index (κ2) is 8.65. The Morgan fingerprint density at radius 3 is 2.48 bits per heavy atom. The lowest BCUT2D eigenvalue weighted by Gasteiger charge is -2.12. The molecule has 2 amide bonds. The van der Waals surface area contributed by atoms with Crippen molar-refractivity contribution in [2.45, 2.75) is 20.4 Å². The van der Waals surface area contributed by atoms with Crippen LogP contribution in [-0.2, 0) is 11.3 Å². The molecule has 0 unspecified atom stereocenters. The van der Waals surface area contributed by atoms with Gasteiger partial charge in [-0.05, 0) is 79.2 Å². The van der Waals surface area contributed by atoms with Crippen molar-refractivity contribution in [3.05, 3.63) is 91.3 Å². The zero-order valence-corrected chi connectivity index (χ0v) is 19.8. The third-order valence-electron chi connectivity index (χ3n) is 5.04. The molecule has 1 fully saturated rings. The Morgan fingerprint density at radius 2 is 1.81 bits per heavy atom. The van der Waals surface area contributed by atoms with Gasteiger partial charge in [-0.25, -0.2) is 4.39 Å². The fraction of sp³-hybridized carbons (Fsp3) is 0.130. The summed E-state index contributed by atoms with van der Waals surface area (Å²) in [5, 5.41) is 0.273. The van der Waals surface area contributed by atoms with Gasteiger partial charge in [0.25, 0.3) is 11.1 Å². The predicted molar refractivity (Wildman–Crippen MR) is 126 cm³/mol. The van der Waals surface area contributed by atoms with Crippen molar-refractivity contribution in [1.82, 2.24) is 9.47 Å². The van der Waals surface area contributed by atoms with E-state index in [0.717, 1.165) is 34.3 Å². The van der Waals surface area contributed by atoms with Gasteiger partial charge >= 0.3 is 0 Å². The van der Waals surface area contributed by atoms with Gasteiger partial charge < -0.3 is 4.57 Å². The maximum absolute atomic E-state index is 14.5. The SMILES string of the molecule is Cc1cc(/C=C2/SC(=O)N(Cc3ccc(Cl)cc3)C2=O)c(C)n1-c1ccc(Br)cc1F. The van der Waals surface area contributed by atoms with Crippen LogP contribution in [0, 0.1) is 19.7 Å². The molecule has 0 radical (unpaired) electrons. The molecule has 2 heterocycles. The first-order valence-corrected chi connectivity index (χ1v) is 11.4. The minimum absolute atomic E-state index is 0.183. The van der Waals surface area contributed by atoms with Gasteiger partial charge in [-0.2, -0.15) is 0 Å². The first-order chi connectivity index (χ1) is 14.7. The Morgan fingerprint density at radius 1 is 1.10 bits per heavy atom. The predicted octanol–water partition coefficient (Wildman–Crippen LogP) is 6.89. The number of thioether (sulfide) groups is 1. The van der Waals surface area contributed by atoms with Gasteiger partial charge in [-0.15, -0.1) is 0 Å². The van der Waals surface area contributed by atoms with Crippen LogP contribution in [0.25, 0.3) is 11.8 Å². The lowest BCUT2D eigenvalue weighted by atomic mass is 10.2. The molecule has 0 atom stereocenters. The van der Waals surface area contributed by atoms with E-state index in [-0.39, 0.29) is 23.5 Å². The Kier molecular flexibility index (Phi) is 6.10. The molecule has 3 aromatic rings. The summed E-state index contributed by atoms with van der Waals surface area (Å²) >= 11 is 10.1. The number of nitrogens with zero attached hydrogens (tertiary/aromatic N) is 2. The second-order valence-electron chi connectivity index (χ2n) is 7.15. The molecule has 2 aromatic carbocycles. The minimum Gasteiger partial charge on any atom is -0.315 e. The zero-order chi connectivity index (χ0) is 22.3. The molecule has 0 spiro atoms. The molecule has 8 heteroatoms. The minimum atomic E-state index is -0.356. The Hall–Kier alpha value is -2.35. The van der Waals surface area contributed by atoms with Crippen LogP contribution in [0.5, 0.6) is 0 Å². The first-order valence-electron chi connectivity index (χ1n) is 9.39. The lowest BCUT2D eigenvalue weighted by Crippen LogP contribution is -2.27. The Labute approximate surface area is 196 Å². The third kappa shape index (κ3) is 4.35. The van der Waals surface area contributed by atoms with Crippen LogP contribution < -0.4 is 0 Å². The normalized spacial score (nSPS) is 15.4. The summed E-state index contributed by atoms with van der Waals surface area (Å²) < 4.78 is 17.0. The first kappa shape index (κ1) is 21.9. The van der Waals surface area contributed by atoms with E-state index in [9.17, 15) is 14.0 Å². The number of imide groups is 1. The van der Waals surface area contributed by atoms with E-state index in [4.69, 9.17) is 11.6 Å². The molecule has 1 aliphatic rings. The fourth-order valence-corrected chi connectivity index (χ4v) is 4.81. The van der Waals surface area contributed by atoms with Crippen molar-refractivity contribution in [3.8, 4) is 5.69 Å². The number of benzene rings is 2. The average molecular weight is 520 g/mol. The summed E-state index contributed by atoms with van der Waals surface area (Å²) in [5.74, 6) is -0.699. The third-order valence-corrected chi connectivity index (χ3v) is 6.69. The molecule has 0 saturated carbocycles. The van der Waals surface area contributed by atoms with Crippen LogP contribution in [0.4, 0.5) is 9.18 Å². The second-order valence-corrected chi connectivity index (χ2v) is 9.50. The van der Waals surface area contributed by atoms with Crippen molar-refractivity contribution in [3.63, 3.8) is 0 Å². The van der Waals surface area contributed by atoms with Gasteiger partial charge in [0.15, 0.2) is 0 Å². The summed E-state index contributed by atoms with van der Waals surface area (Å²) in [4.78, 5) is 26.9. The van der Waals surface area contributed by atoms with E-state index in [1.54, 1.807) is 47.0 Å². The quantitative estimate of drug-likeness (QED) is 0.353. The van der Waals surface area contributed by atoms with Crippen molar-refractivity contribution >= 4 is 56.5 Å². The van der Waals surface area contributed by atoms with E-state index in [1.165, 1.54) is 11.0 Å². The van der Waals surface area contributed by atoms with Crippen molar-refractivity contribution in [1.29, 1.82) is 0 Å². The summed E-state index contributed by atoms with van der Waals surface area (Å²) in [7, 11) is 0. The highest BCUT2D eigenvalue weighted by Crippen LogP contribution is 2.35. The number of aromatic nitrogens is 1. The molecule has 1 aromatic heterocycles. The van der Waals surface area contributed by atoms with E-state index in [0.29, 0.717) is 20.1 Å². The van der Waals surface area contributed by atoms with Crippen LogP contribution in [0.1, 0.15) is 22.5 Å². The van der Waals surface area contributed by atoms with Crippen LogP contribution in [-0.4, -0.2) is 20.6 Å². The zero-order valence-electron chi connectivity index (χ0n) is 16.7. The fourth-order valence-electron chi connectivity index (χ4n) is 3.52. The molecule has 31 heavy (non-hydrogen) atoms. The molecular formula is C23H17BrClFN2O2S. The van der Waals surface area contributed by atoms with E-state index in [2.05, 4.69) is 15.9 Å². The van der Waals surface area contributed by atoms with Crippen LogP contribution >= 0.6 is 39.3 Å². The van der Waals surface area contributed by atoms with Crippen molar-refractivity contribution in [2.24, 2.45) is 0 Å². The summed E-state index contributed by atoms with van der Waals surface area (Å²) in [5.41, 5.74) is 3.61. The molecule has 0 bridgehead atoms. The van der Waals surface area contributed by atoms with Gasteiger partial charge in [0.05, 0.1) is 17.1 Å². The molecule has 0 aliphatic carbocycles. The number of rotatable bonds is 4. The molecule has 1 saturated heterocycles. The highest BCUT2D eigenvalue weighted by atomic mass is 79.9. The number of carbonyl (C=O) groups is 2. The average Bonchev–Trinajstić information content (AvgIpc) is 3.14. The van der Waals surface area contributed by atoms with Crippen LogP contribution in [0.2, 0.25) is 5.02 Å². The summed E-state index contributed by atoms with van der Waals surface area (Å²) in [6.45, 7) is 3.92. The number of hydrogen-bond donors (Lipinski definition) is 0. The smallest absolute Gasteiger partial charge is 0.293 e. The standard InChI is InChI=1S/C23H17BrClFN2O2S/c1-13-9-16(14(2)28(13)20-8-5-17(24)11-19(20)26)10-21-22(29)27(23(30)31-21)12-15-3-6-18(25)7-4-15/h3-11H,12H2,1-2H3/b21-10+. The van der Waals surface area contributed by atoms with Gasteiger partial charge in [-0.3, -0.25) is 14.5 Å². The molecular weight excluding hydrogens is 503 g/mol.